The number of thioether (sulfide) groups is 1. The molecule has 2 heterocycles. The topological polar surface area (TPSA) is 85.9 Å². The largest absolute Gasteiger partial charge is 0.446 e. The van der Waals surface area contributed by atoms with Crippen molar-refractivity contribution in [3.63, 3.8) is 0 Å². The monoisotopic (exact) mass is 495 g/mol. The zero-order chi connectivity index (χ0) is 25.3. The summed E-state index contributed by atoms with van der Waals surface area (Å²) in [4.78, 5) is 46.4. The highest BCUT2D eigenvalue weighted by Crippen LogP contribution is 2.38. The molecule has 1 fully saturated rings. The lowest BCUT2D eigenvalue weighted by Crippen LogP contribution is -2.43. The molecule has 0 saturated carbocycles. The predicted molar refractivity (Wildman–Crippen MR) is 122 cm³/mol. The molecule has 0 spiro atoms. The first-order valence-corrected chi connectivity index (χ1v) is 11.0. The zero-order valence-electron chi connectivity index (χ0n) is 19.0. The van der Waals surface area contributed by atoms with Crippen LogP contribution in [0.5, 0.6) is 0 Å². The number of nitrogens with zero attached hydrogens (tertiary/aromatic N) is 4. The standard InChI is InChI=1S/C22H24F3N5O3S/c1-21(2)19(32)30(15-5-7-16(8-6-15)34-22(23,24)25)20(33)29(21)12-14-9-10-26-17(11-14)27-18(31)13-28(3)4/h5-11H,12-13H2,1-4H3,(H,26,27,31). The van der Waals surface area contributed by atoms with E-state index in [2.05, 4.69) is 10.3 Å². The fourth-order valence-electron chi connectivity index (χ4n) is 3.42. The van der Waals surface area contributed by atoms with Crippen LogP contribution in [0, 0.1) is 0 Å². The number of amides is 4. The Hall–Kier alpha value is -3.12. The van der Waals surface area contributed by atoms with Gasteiger partial charge in [-0.1, -0.05) is 0 Å². The number of urea groups is 1. The minimum absolute atomic E-state index is 0.0490. The molecule has 0 bridgehead atoms. The van der Waals surface area contributed by atoms with Crippen LogP contribution in [-0.2, 0) is 16.1 Å². The summed E-state index contributed by atoms with van der Waals surface area (Å²) in [5, 5.41) is 2.68. The van der Waals surface area contributed by atoms with Crippen molar-refractivity contribution in [3.05, 3.63) is 48.2 Å². The predicted octanol–water partition coefficient (Wildman–Crippen LogP) is 3.94. The number of benzene rings is 1. The molecule has 3 rings (SSSR count). The molecular weight excluding hydrogens is 471 g/mol. The first kappa shape index (κ1) is 25.5. The Morgan fingerprint density at radius 1 is 1.15 bits per heavy atom. The third-order valence-corrected chi connectivity index (χ3v) is 5.78. The smallest absolute Gasteiger partial charge is 0.310 e. The maximum absolute atomic E-state index is 13.2. The van der Waals surface area contributed by atoms with Gasteiger partial charge in [0, 0.05) is 17.6 Å². The Morgan fingerprint density at radius 2 is 1.79 bits per heavy atom. The van der Waals surface area contributed by atoms with E-state index in [1.165, 1.54) is 35.4 Å². The van der Waals surface area contributed by atoms with Gasteiger partial charge in [-0.25, -0.2) is 14.7 Å². The quantitative estimate of drug-likeness (QED) is 0.463. The average molecular weight is 496 g/mol. The highest BCUT2D eigenvalue weighted by Gasteiger charge is 2.51. The lowest BCUT2D eigenvalue weighted by Gasteiger charge is -2.27. The zero-order valence-corrected chi connectivity index (χ0v) is 19.8. The van der Waals surface area contributed by atoms with Gasteiger partial charge in [-0.2, -0.15) is 13.2 Å². The summed E-state index contributed by atoms with van der Waals surface area (Å²) in [5.41, 5.74) is -4.81. The number of carbonyl (C=O) groups excluding carboxylic acids is 3. The molecule has 182 valence electrons. The molecule has 4 amide bonds. The minimum atomic E-state index is -4.44. The van der Waals surface area contributed by atoms with Gasteiger partial charge in [0.2, 0.25) is 5.91 Å². The summed E-state index contributed by atoms with van der Waals surface area (Å²) in [6.07, 6.45) is 1.49. The van der Waals surface area contributed by atoms with E-state index in [9.17, 15) is 27.6 Å². The van der Waals surface area contributed by atoms with E-state index >= 15 is 0 Å². The van der Waals surface area contributed by atoms with E-state index in [1.54, 1.807) is 45.0 Å². The second-order valence-corrected chi connectivity index (χ2v) is 9.58. The highest BCUT2D eigenvalue weighted by molar-refractivity contribution is 8.00. The van der Waals surface area contributed by atoms with Crippen molar-refractivity contribution < 1.29 is 27.6 Å². The first-order valence-electron chi connectivity index (χ1n) is 10.2. The van der Waals surface area contributed by atoms with E-state index < -0.39 is 23.0 Å². The molecule has 1 aromatic carbocycles. The number of aromatic nitrogens is 1. The van der Waals surface area contributed by atoms with Crippen molar-refractivity contribution in [2.24, 2.45) is 0 Å². The van der Waals surface area contributed by atoms with Crippen LogP contribution >= 0.6 is 11.8 Å². The van der Waals surface area contributed by atoms with Gasteiger partial charge < -0.3 is 15.1 Å². The Balaban J connectivity index is 1.79. The summed E-state index contributed by atoms with van der Waals surface area (Å²) >= 11 is -0.273. The molecule has 0 radical (unpaired) electrons. The second kappa shape index (κ2) is 9.63. The summed E-state index contributed by atoms with van der Waals surface area (Å²) in [6.45, 7) is 3.44. The normalized spacial score (nSPS) is 15.9. The van der Waals surface area contributed by atoms with Gasteiger partial charge in [-0.05, 0) is 81.7 Å². The lowest BCUT2D eigenvalue weighted by molar-refractivity contribution is -0.123. The number of anilines is 2. The Labute approximate surface area is 199 Å². The second-order valence-electron chi connectivity index (χ2n) is 8.45. The van der Waals surface area contributed by atoms with E-state index in [0.717, 1.165) is 4.90 Å². The molecule has 1 aliphatic heterocycles. The van der Waals surface area contributed by atoms with Crippen LogP contribution in [-0.4, -0.2) is 64.3 Å². The molecule has 2 aromatic rings. The van der Waals surface area contributed by atoms with E-state index in [1.807, 2.05) is 0 Å². The summed E-state index contributed by atoms with van der Waals surface area (Å²) in [6, 6.07) is 7.75. The van der Waals surface area contributed by atoms with Crippen molar-refractivity contribution in [3.8, 4) is 0 Å². The van der Waals surface area contributed by atoms with Gasteiger partial charge in [0.25, 0.3) is 5.91 Å². The van der Waals surface area contributed by atoms with Gasteiger partial charge in [0.05, 0.1) is 12.2 Å². The van der Waals surface area contributed by atoms with Crippen molar-refractivity contribution in [2.75, 3.05) is 30.9 Å². The number of likely N-dealkylation sites (N-methyl/N-ethyl adjacent to an activating group) is 1. The fourth-order valence-corrected chi connectivity index (χ4v) is 3.96. The molecule has 0 unspecified atom stereocenters. The van der Waals surface area contributed by atoms with Crippen LogP contribution < -0.4 is 10.2 Å². The number of imide groups is 1. The molecule has 0 aliphatic carbocycles. The van der Waals surface area contributed by atoms with Crippen LogP contribution in [0.15, 0.2) is 47.5 Å². The average Bonchev–Trinajstić information content (AvgIpc) is 2.87. The number of rotatable bonds is 7. The number of nitrogens with one attached hydrogen (secondary N) is 1. The molecule has 1 aromatic heterocycles. The molecule has 1 N–H and O–H groups in total. The molecule has 1 aliphatic rings. The minimum Gasteiger partial charge on any atom is -0.310 e. The molecule has 12 heteroatoms. The molecular formula is C22H24F3N5O3S. The highest BCUT2D eigenvalue weighted by atomic mass is 32.2. The third kappa shape index (κ3) is 5.86. The number of halogens is 3. The number of carbonyl (C=O) groups is 3. The van der Waals surface area contributed by atoms with Crippen LogP contribution in [0.1, 0.15) is 19.4 Å². The number of pyridine rings is 1. The van der Waals surface area contributed by atoms with Crippen molar-refractivity contribution in [1.82, 2.24) is 14.8 Å². The Kier molecular flexibility index (Phi) is 7.22. The summed E-state index contributed by atoms with van der Waals surface area (Å²) in [7, 11) is 3.52. The van der Waals surface area contributed by atoms with E-state index in [0.29, 0.717) is 11.4 Å². The number of alkyl halides is 3. The van der Waals surface area contributed by atoms with Crippen molar-refractivity contribution in [2.45, 2.75) is 36.3 Å². The van der Waals surface area contributed by atoms with E-state index in [-0.39, 0.29) is 41.3 Å². The van der Waals surface area contributed by atoms with Gasteiger partial charge in [0.15, 0.2) is 0 Å². The van der Waals surface area contributed by atoms with Gasteiger partial charge in [0.1, 0.15) is 11.4 Å². The lowest BCUT2D eigenvalue weighted by atomic mass is 10.0. The maximum Gasteiger partial charge on any atom is 0.446 e. The SMILES string of the molecule is CN(C)CC(=O)Nc1cc(CN2C(=O)N(c3ccc(SC(F)(F)F)cc3)C(=O)C2(C)C)ccn1. The third-order valence-electron chi connectivity index (χ3n) is 5.04. The fraction of sp³-hybridized carbons (Fsp3) is 0.364. The van der Waals surface area contributed by atoms with E-state index in [4.69, 9.17) is 0 Å². The van der Waals surface area contributed by atoms with Crippen LogP contribution in [0.3, 0.4) is 0 Å². The molecule has 34 heavy (non-hydrogen) atoms. The first-order chi connectivity index (χ1) is 15.8. The van der Waals surface area contributed by atoms with Crippen LogP contribution in [0.2, 0.25) is 0 Å². The summed E-state index contributed by atoms with van der Waals surface area (Å²) in [5.74, 6) is -0.433. The van der Waals surface area contributed by atoms with Gasteiger partial charge in [-0.3, -0.25) is 9.59 Å². The molecule has 8 nitrogen and oxygen atoms in total. The summed E-state index contributed by atoms with van der Waals surface area (Å²) < 4.78 is 37.8. The number of hydrogen-bond acceptors (Lipinski definition) is 6. The molecule has 0 atom stereocenters. The Morgan fingerprint density at radius 3 is 2.38 bits per heavy atom. The van der Waals surface area contributed by atoms with Crippen LogP contribution in [0.25, 0.3) is 0 Å². The van der Waals surface area contributed by atoms with Crippen molar-refractivity contribution >= 4 is 41.1 Å². The van der Waals surface area contributed by atoms with Gasteiger partial charge >= 0.3 is 11.5 Å². The maximum atomic E-state index is 13.2. The molecule has 1 saturated heterocycles. The number of hydrogen-bond donors (Lipinski definition) is 1. The van der Waals surface area contributed by atoms with Gasteiger partial charge in [-0.15, -0.1) is 0 Å². The van der Waals surface area contributed by atoms with Crippen molar-refractivity contribution in [1.29, 1.82) is 0 Å². The van der Waals surface area contributed by atoms with Crippen LogP contribution in [0.4, 0.5) is 29.5 Å². The Bertz CT molecular complexity index is 1090.